The Morgan fingerprint density at radius 2 is 1.96 bits per heavy atom. The van der Waals surface area contributed by atoms with Crippen molar-refractivity contribution in [2.45, 2.75) is 78.2 Å². The first kappa shape index (κ1) is 17.1. The monoisotopic (exact) mass is 331 g/mol. The van der Waals surface area contributed by atoms with E-state index >= 15 is 0 Å². The lowest BCUT2D eigenvalue weighted by Gasteiger charge is -2.58. The van der Waals surface area contributed by atoms with Crippen molar-refractivity contribution in [2.75, 3.05) is 6.54 Å². The molecule has 2 unspecified atom stereocenters. The molecule has 0 spiro atoms. The fraction of sp³-hybridized carbons (Fsp3) is 0.909. The van der Waals surface area contributed by atoms with Gasteiger partial charge in [-0.2, -0.15) is 0 Å². The summed E-state index contributed by atoms with van der Waals surface area (Å²) in [5.74, 6) is 4.14. The van der Waals surface area contributed by atoms with E-state index < -0.39 is 0 Å². The zero-order valence-corrected chi connectivity index (χ0v) is 15.9. The summed E-state index contributed by atoms with van der Waals surface area (Å²) in [5, 5.41) is 10.1. The van der Waals surface area contributed by atoms with Crippen LogP contribution in [0, 0.1) is 40.4 Å². The molecule has 0 radical (unpaired) electrons. The molecule has 0 aromatic rings. The van der Waals surface area contributed by atoms with Gasteiger partial charge in [-0.1, -0.05) is 32.4 Å². The van der Waals surface area contributed by atoms with Gasteiger partial charge in [-0.25, -0.2) is 0 Å². The molecule has 0 aliphatic heterocycles. The molecule has 2 nitrogen and oxygen atoms in total. The van der Waals surface area contributed by atoms with Crippen LogP contribution < -0.4 is 5.73 Å². The van der Waals surface area contributed by atoms with E-state index in [9.17, 15) is 5.11 Å². The van der Waals surface area contributed by atoms with Gasteiger partial charge in [0.25, 0.3) is 0 Å². The minimum Gasteiger partial charge on any atom is -0.393 e. The molecule has 3 N–H and O–H groups in total. The molecule has 0 aromatic carbocycles. The Morgan fingerprint density at radius 3 is 2.71 bits per heavy atom. The molecule has 0 bridgehead atoms. The lowest BCUT2D eigenvalue weighted by atomic mass is 9.47. The average molecular weight is 332 g/mol. The number of allylic oxidation sites excluding steroid dienone is 1. The molecule has 0 saturated heterocycles. The molecule has 3 saturated carbocycles. The molecular weight excluding hydrogens is 294 g/mol. The van der Waals surface area contributed by atoms with Crippen LogP contribution >= 0.6 is 0 Å². The maximum atomic E-state index is 10.1. The van der Waals surface area contributed by atoms with E-state index in [1.165, 1.54) is 38.5 Å². The third kappa shape index (κ3) is 2.28. The van der Waals surface area contributed by atoms with Crippen molar-refractivity contribution in [2.24, 2.45) is 46.2 Å². The van der Waals surface area contributed by atoms with E-state index in [1.54, 1.807) is 5.57 Å². The summed E-state index contributed by atoms with van der Waals surface area (Å²) in [6.45, 7) is 8.36. The Labute approximate surface area is 148 Å². The van der Waals surface area contributed by atoms with Crippen molar-refractivity contribution in [1.29, 1.82) is 0 Å². The van der Waals surface area contributed by atoms with Crippen LogP contribution in [0.15, 0.2) is 11.6 Å². The van der Waals surface area contributed by atoms with E-state index in [0.29, 0.717) is 16.7 Å². The first-order chi connectivity index (χ1) is 11.4. The molecule has 4 aliphatic carbocycles. The molecule has 4 rings (SSSR count). The van der Waals surface area contributed by atoms with E-state index in [1.807, 2.05) is 0 Å². The highest BCUT2D eigenvalue weighted by atomic mass is 16.3. The van der Waals surface area contributed by atoms with E-state index in [0.717, 1.165) is 43.1 Å². The van der Waals surface area contributed by atoms with Crippen molar-refractivity contribution < 1.29 is 5.11 Å². The minimum atomic E-state index is -0.0870. The Kier molecular flexibility index (Phi) is 4.16. The molecule has 8 atom stereocenters. The molecule has 0 aromatic heterocycles. The fourth-order valence-electron chi connectivity index (χ4n) is 7.78. The van der Waals surface area contributed by atoms with Gasteiger partial charge < -0.3 is 10.8 Å². The van der Waals surface area contributed by atoms with Crippen LogP contribution in [0.1, 0.15) is 72.1 Å². The van der Waals surface area contributed by atoms with Crippen LogP contribution in [-0.4, -0.2) is 17.8 Å². The summed E-state index contributed by atoms with van der Waals surface area (Å²) in [5.41, 5.74) is 8.55. The van der Waals surface area contributed by atoms with Crippen LogP contribution in [0.4, 0.5) is 0 Å². The smallest absolute Gasteiger partial charge is 0.0577 e. The van der Waals surface area contributed by atoms with Crippen molar-refractivity contribution in [3.8, 4) is 0 Å². The summed E-state index contributed by atoms with van der Waals surface area (Å²) in [6.07, 6.45) is 12.5. The molecule has 0 amide bonds. The van der Waals surface area contributed by atoms with Crippen LogP contribution in [-0.2, 0) is 0 Å². The van der Waals surface area contributed by atoms with Crippen molar-refractivity contribution in [3.63, 3.8) is 0 Å². The standard InChI is InChI=1S/C22H37NO/c1-14(13-23)18-6-7-19-17-5-4-15-12-16(24)8-10-21(15,2)20(17)9-11-22(18,19)3/h4,14,16-20,24H,5-13,23H2,1-3H3/t14?,16?,17-,18+,19-,20-,21-,22+/m0/s1. The third-order valence-corrected chi connectivity index (χ3v) is 9.21. The fourth-order valence-corrected chi connectivity index (χ4v) is 7.78. The highest BCUT2D eigenvalue weighted by Crippen LogP contribution is 2.67. The van der Waals surface area contributed by atoms with Crippen molar-refractivity contribution in [1.82, 2.24) is 0 Å². The number of rotatable bonds is 2. The van der Waals surface area contributed by atoms with Gasteiger partial charge in [0, 0.05) is 0 Å². The maximum absolute atomic E-state index is 10.1. The Hall–Kier alpha value is -0.340. The van der Waals surface area contributed by atoms with Gasteiger partial charge in [0.1, 0.15) is 0 Å². The second kappa shape index (κ2) is 5.84. The summed E-state index contributed by atoms with van der Waals surface area (Å²) in [4.78, 5) is 0. The Balaban J connectivity index is 1.63. The molecule has 0 heterocycles. The number of hydrogen-bond acceptors (Lipinski definition) is 2. The zero-order chi connectivity index (χ0) is 17.1. The van der Waals surface area contributed by atoms with Crippen LogP contribution in [0.25, 0.3) is 0 Å². The zero-order valence-electron chi connectivity index (χ0n) is 15.9. The number of nitrogens with two attached hydrogens (primary N) is 1. The van der Waals surface area contributed by atoms with Crippen LogP contribution in [0.5, 0.6) is 0 Å². The first-order valence-corrected chi connectivity index (χ1v) is 10.5. The molecule has 3 fully saturated rings. The Bertz CT molecular complexity index is 528. The summed E-state index contributed by atoms with van der Waals surface area (Å²) in [6, 6.07) is 0. The lowest BCUT2D eigenvalue weighted by Crippen LogP contribution is -2.51. The molecule has 4 aliphatic rings. The first-order valence-electron chi connectivity index (χ1n) is 10.5. The van der Waals surface area contributed by atoms with Gasteiger partial charge in [-0.3, -0.25) is 0 Å². The lowest BCUT2D eigenvalue weighted by molar-refractivity contribution is -0.0561. The van der Waals surface area contributed by atoms with Gasteiger partial charge in [0.2, 0.25) is 0 Å². The SMILES string of the molecule is CC(CN)[C@H]1CC[C@H]2[C@@H]3CC=C4CC(O)CC[C@]4(C)[C@H]3CC[C@]12C. The quantitative estimate of drug-likeness (QED) is 0.731. The average Bonchev–Trinajstić information content (AvgIpc) is 2.92. The van der Waals surface area contributed by atoms with Gasteiger partial charge in [0.15, 0.2) is 0 Å². The topological polar surface area (TPSA) is 46.2 Å². The number of aliphatic hydroxyl groups excluding tert-OH is 1. The minimum absolute atomic E-state index is 0.0870. The highest BCUT2D eigenvalue weighted by molar-refractivity contribution is 5.25. The van der Waals surface area contributed by atoms with Crippen molar-refractivity contribution >= 4 is 0 Å². The summed E-state index contributed by atoms with van der Waals surface area (Å²) in [7, 11) is 0. The van der Waals surface area contributed by atoms with Crippen molar-refractivity contribution in [3.05, 3.63) is 11.6 Å². The number of hydrogen-bond donors (Lipinski definition) is 2. The van der Waals surface area contributed by atoms with E-state index in [-0.39, 0.29) is 6.10 Å². The maximum Gasteiger partial charge on any atom is 0.0577 e. The van der Waals surface area contributed by atoms with Crippen LogP contribution in [0.3, 0.4) is 0 Å². The number of fused-ring (bicyclic) bond motifs is 5. The molecule has 2 heteroatoms. The normalized spacial score (nSPS) is 52.0. The summed E-state index contributed by atoms with van der Waals surface area (Å²) < 4.78 is 0. The molecule has 24 heavy (non-hydrogen) atoms. The summed E-state index contributed by atoms with van der Waals surface area (Å²) >= 11 is 0. The second-order valence-electron chi connectivity index (χ2n) is 10.1. The largest absolute Gasteiger partial charge is 0.393 e. The highest BCUT2D eigenvalue weighted by Gasteiger charge is 2.58. The van der Waals surface area contributed by atoms with Gasteiger partial charge >= 0.3 is 0 Å². The van der Waals surface area contributed by atoms with Gasteiger partial charge in [0.05, 0.1) is 6.10 Å². The van der Waals surface area contributed by atoms with E-state index in [4.69, 9.17) is 5.73 Å². The second-order valence-corrected chi connectivity index (χ2v) is 10.1. The van der Waals surface area contributed by atoms with Gasteiger partial charge in [-0.05, 0) is 98.3 Å². The van der Waals surface area contributed by atoms with Crippen LogP contribution in [0.2, 0.25) is 0 Å². The Morgan fingerprint density at radius 1 is 1.17 bits per heavy atom. The third-order valence-electron chi connectivity index (χ3n) is 9.21. The number of aliphatic hydroxyl groups is 1. The van der Waals surface area contributed by atoms with Gasteiger partial charge in [-0.15, -0.1) is 0 Å². The molecule has 136 valence electrons. The van der Waals surface area contributed by atoms with E-state index in [2.05, 4.69) is 26.8 Å². The molecular formula is C22H37NO. The predicted octanol–water partition coefficient (Wildman–Crippen LogP) is 4.52. The predicted molar refractivity (Wildman–Crippen MR) is 99.4 cm³/mol.